The molecular formula is C15H11N. The number of pyridine rings is 1. The average Bonchev–Trinajstić information content (AvgIpc) is 2.39. The lowest BCUT2D eigenvalue weighted by molar-refractivity contribution is 1.36. The zero-order valence-electron chi connectivity index (χ0n) is 8.80. The van der Waals surface area contributed by atoms with E-state index < -0.39 is 0 Å². The maximum Gasteiger partial charge on any atom is 0.0346 e. The second-order valence-corrected chi connectivity index (χ2v) is 3.80. The standard InChI is InChI=1S/C15H11N/c1-2-4-12(5-3-1)13-6-7-15-11-16-9-8-14(15)10-13/h1-11H. The number of nitrogens with zero attached hydrogens (tertiary/aromatic N) is 1. The lowest BCUT2D eigenvalue weighted by atomic mass is 10.0. The highest BCUT2D eigenvalue weighted by Crippen LogP contribution is 2.23. The van der Waals surface area contributed by atoms with Crippen molar-refractivity contribution in [3.8, 4) is 11.1 Å². The topological polar surface area (TPSA) is 12.9 Å². The largest absolute Gasteiger partial charge is 0.264 e. The van der Waals surface area contributed by atoms with Gasteiger partial charge in [-0.1, -0.05) is 42.5 Å². The zero-order chi connectivity index (χ0) is 10.8. The number of hydrogen-bond donors (Lipinski definition) is 0. The van der Waals surface area contributed by atoms with Crippen LogP contribution in [0.4, 0.5) is 0 Å². The first-order chi connectivity index (χ1) is 7.93. The van der Waals surface area contributed by atoms with Gasteiger partial charge in [-0.15, -0.1) is 0 Å². The molecule has 1 heteroatoms. The molecule has 16 heavy (non-hydrogen) atoms. The zero-order valence-corrected chi connectivity index (χ0v) is 8.80. The third kappa shape index (κ3) is 1.57. The lowest BCUT2D eigenvalue weighted by Gasteiger charge is -2.03. The summed E-state index contributed by atoms with van der Waals surface area (Å²) in [5.74, 6) is 0. The van der Waals surface area contributed by atoms with Crippen molar-refractivity contribution in [2.24, 2.45) is 0 Å². The molecule has 0 radical (unpaired) electrons. The van der Waals surface area contributed by atoms with Gasteiger partial charge in [0.2, 0.25) is 0 Å². The van der Waals surface area contributed by atoms with Crippen LogP contribution in [-0.2, 0) is 0 Å². The van der Waals surface area contributed by atoms with Gasteiger partial charge in [-0.25, -0.2) is 0 Å². The fourth-order valence-corrected chi connectivity index (χ4v) is 1.89. The Morgan fingerprint density at radius 3 is 2.44 bits per heavy atom. The van der Waals surface area contributed by atoms with Crippen molar-refractivity contribution in [2.45, 2.75) is 0 Å². The molecule has 0 amide bonds. The Balaban J connectivity index is 2.19. The van der Waals surface area contributed by atoms with Crippen LogP contribution in [0.2, 0.25) is 0 Å². The van der Waals surface area contributed by atoms with Crippen LogP contribution in [0, 0.1) is 0 Å². The summed E-state index contributed by atoms with van der Waals surface area (Å²) in [6, 6.07) is 18.9. The first kappa shape index (κ1) is 9.10. The molecule has 0 saturated carbocycles. The molecule has 0 aliphatic heterocycles. The van der Waals surface area contributed by atoms with Crippen molar-refractivity contribution in [2.75, 3.05) is 0 Å². The Labute approximate surface area is 94.4 Å². The van der Waals surface area contributed by atoms with Crippen LogP contribution in [0.25, 0.3) is 21.9 Å². The van der Waals surface area contributed by atoms with Crippen molar-refractivity contribution in [1.82, 2.24) is 4.98 Å². The monoisotopic (exact) mass is 205 g/mol. The van der Waals surface area contributed by atoms with E-state index >= 15 is 0 Å². The van der Waals surface area contributed by atoms with Gasteiger partial charge in [0.1, 0.15) is 0 Å². The number of benzene rings is 2. The molecule has 0 bridgehead atoms. The third-order valence-corrected chi connectivity index (χ3v) is 2.75. The minimum Gasteiger partial charge on any atom is -0.264 e. The number of aromatic nitrogens is 1. The quantitative estimate of drug-likeness (QED) is 0.587. The Kier molecular flexibility index (Phi) is 2.15. The molecular weight excluding hydrogens is 194 g/mol. The summed E-state index contributed by atoms with van der Waals surface area (Å²) in [7, 11) is 0. The predicted octanol–water partition coefficient (Wildman–Crippen LogP) is 3.90. The highest BCUT2D eigenvalue weighted by atomic mass is 14.6. The van der Waals surface area contributed by atoms with Gasteiger partial charge in [-0.2, -0.15) is 0 Å². The van der Waals surface area contributed by atoms with Gasteiger partial charge < -0.3 is 0 Å². The minimum atomic E-state index is 1.18. The molecule has 0 aliphatic carbocycles. The van der Waals surface area contributed by atoms with Crippen molar-refractivity contribution in [1.29, 1.82) is 0 Å². The first-order valence-corrected chi connectivity index (χ1v) is 5.33. The molecule has 3 aromatic rings. The summed E-state index contributed by atoms with van der Waals surface area (Å²) in [5.41, 5.74) is 2.50. The highest BCUT2D eigenvalue weighted by Gasteiger charge is 1.98. The van der Waals surface area contributed by atoms with Crippen LogP contribution in [0.1, 0.15) is 0 Å². The van der Waals surface area contributed by atoms with Crippen molar-refractivity contribution < 1.29 is 0 Å². The molecule has 0 saturated heterocycles. The smallest absolute Gasteiger partial charge is 0.0346 e. The van der Waals surface area contributed by atoms with Crippen LogP contribution in [0.5, 0.6) is 0 Å². The fourth-order valence-electron chi connectivity index (χ4n) is 1.89. The molecule has 0 unspecified atom stereocenters. The Hall–Kier alpha value is -2.15. The summed E-state index contributed by atoms with van der Waals surface area (Å²) < 4.78 is 0. The van der Waals surface area contributed by atoms with E-state index in [1.807, 2.05) is 24.5 Å². The Morgan fingerprint density at radius 2 is 1.56 bits per heavy atom. The van der Waals surface area contributed by atoms with Gasteiger partial charge >= 0.3 is 0 Å². The molecule has 0 atom stereocenters. The van der Waals surface area contributed by atoms with Gasteiger partial charge in [0.25, 0.3) is 0 Å². The molecule has 1 heterocycles. The summed E-state index contributed by atoms with van der Waals surface area (Å²) in [5, 5.41) is 2.42. The molecule has 0 spiro atoms. The van der Waals surface area contributed by atoms with Crippen molar-refractivity contribution in [3.05, 3.63) is 67.0 Å². The van der Waals surface area contributed by atoms with E-state index in [1.165, 1.54) is 21.9 Å². The normalized spacial score (nSPS) is 10.5. The van der Waals surface area contributed by atoms with Crippen molar-refractivity contribution >= 4 is 10.8 Å². The van der Waals surface area contributed by atoms with E-state index in [9.17, 15) is 0 Å². The molecule has 76 valence electrons. The molecule has 0 N–H and O–H groups in total. The molecule has 1 aromatic heterocycles. The van der Waals surface area contributed by atoms with E-state index in [0.717, 1.165) is 0 Å². The van der Waals surface area contributed by atoms with E-state index in [2.05, 4.69) is 47.4 Å². The summed E-state index contributed by atoms with van der Waals surface area (Å²) in [6.07, 6.45) is 3.72. The van der Waals surface area contributed by atoms with Crippen molar-refractivity contribution in [3.63, 3.8) is 0 Å². The average molecular weight is 205 g/mol. The number of rotatable bonds is 1. The van der Waals surface area contributed by atoms with Gasteiger partial charge in [-0.3, -0.25) is 4.98 Å². The van der Waals surface area contributed by atoms with E-state index in [4.69, 9.17) is 0 Å². The van der Waals surface area contributed by atoms with Crippen LogP contribution in [-0.4, -0.2) is 4.98 Å². The molecule has 1 nitrogen and oxygen atoms in total. The van der Waals surface area contributed by atoms with E-state index in [-0.39, 0.29) is 0 Å². The van der Waals surface area contributed by atoms with Gasteiger partial charge in [0.05, 0.1) is 0 Å². The molecule has 2 aromatic carbocycles. The van der Waals surface area contributed by atoms with Gasteiger partial charge in [0.15, 0.2) is 0 Å². The summed E-state index contributed by atoms with van der Waals surface area (Å²) >= 11 is 0. The van der Waals surface area contributed by atoms with E-state index in [0.29, 0.717) is 0 Å². The maximum atomic E-state index is 4.12. The van der Waals surface area contributed by atoms with Crippen LogP contribution < -0.4 is 0 Å². The second kappa shape index (κ2) is 3.78. The molecule has 3 rings (SSSR count). The van der Waals surface area contributed by atoms with Gasteiger partial charge in [0, 0.05) is 17.8 Å². The SMILES string of the molecule is c1ccc(-c2ccc3cnccc3c2)cc1. The lowest BCUT2D eigenvalue weighted by Crippen LogP contribution is -1.79. The third-order valence-electron chi connectivity index (χ3n) is 2.75. The Bertz CT molecular complexity index is 614. The number of hydrogen-bond acceptors (Lipinski definition) is 1. The van der Waals surface area contributed by atoms with Crippen LogP contribution in [0.3, 0.4) is 0 Å². The Morgan fingerprint density at radius 1 is 0.688 bits per heavy atom. The van der Waals surface area contributed by atoms with E-state index in [1.54, 1.807) is 0 Å². The second-order valence-electron chi connectivity index (χ2n) is 3.80. The maximum absolute atomic E-state index is 4.12. The highest BCUT2D eigenvalue weighted by molar-refractivity contribution is 5.86. The molecule has 0 fully saturated rings. The van der Waals surface area contributed by atoms with Crippen LogP contribution in [0.15, 0.2) is 67.0 Å². The van der Waals surface area contributed by atoms with Gasteiger partial charge in [-0.05, 0) is 28.6 Å². The first-order valence-electron chi connectivity index (χ1n) is 5.33. The summed E-state index contributed by atoms with van der Waals surface area (Å²) in [6.45, 7) is 0. The molecule has 0 aliphatic rings. The minimum absolute atomic E-state index is 1.18. The van der Waals surface area contributed by atoms with Crippen LogP contribution >= 0.6 is 0 Å². The number of fused-ring (bicyclic) bond motifs is 1. The fraction of sp³-hybridized carbons (Fsp3) is 0. The predicted molar refractivity (Wildman–Crippen MR) is 67.2 cm³/mol. The summed E-state index contributed by atoms with van der Waals surface area (Å²) in [4.78, 5) is 4.12.